The van der Waals surface area contributed by atoms with E-state index in [0.29, 0.717) is 6.04 Å². The molecule has 0 aliphatic carbocycles. The van der Waals surface area contributed by atoms with E-state index in [4.69, 9.17) is 0 Å². The predicted octanol–water partition coefficient (Wildman–Crippen LogP) is 4.28. The van der Waals surface area contributed by atoms with Crippen molar-refractivity contribution in [1.82, 2.24) is 10.2 Å². The normalized spacial score (nSPS) is 21.8. The van der Waals surface area contributed by atoms with Gasteiger partial charge in [0.05, 0.1) is 3.79 Å². The van der Waals surface area contributed by atoms with Gasteiger partial charge in [0.15, 0.2) is 0 Å². The average molecular weight is 345 g/mol. The molecule has 2 nitrogen and oxygen atoms in total. The Morgan fingerprint density at radius 1 is 1.53 bits per heavy atom. The van der Waals surface area contributed by atoms with E-state index in [1.807, 2.05) is 11.3 Å². The zero-order valence-electron chi connectivity index (χ0n) is 12.0. The molecule has 2 heterocycles. The number of halogens is 1. The van der Waals surface area contributed by atoms with E-state index >= 15 is 0 Å². The number of nitrogens with one attached hydrogen (secondary N) is 1. The molecular weight excluding hydrogens is 320 g/mol. The smallest absolute Gasteiger partial charge is 0.0701 e. The monoisotopic (exact) mass is 344 g/mol. The highest BCUT2D eigenvalue weighted by Crippen LogP contribution is 2.31. The summed E-state index contributed by atoms with van der Waals surface area (Å²) in [5, 5.41) is 3.53. The SMILES string of the molecule is CCCN(CC1CCCNC1)C(C)c1ccc(Br)s1. The Balaban J connectivity index is 1.97. The Bertz CT molecular complexity index is 374. The van der Waals surface area contributed by atoms with Crippen molar-refractivity contribution in [3.8, 4) is 0 Å². The summed E-state index contributed by atoms with van der Waals surface area (Å²) in [4.78, 5) is 4.14. The largest absolute Gasteiger partial charge is 0.316 e. The van der Waals surface area contributed by atoms with Crippen LogP contribution in [0.4, 0.5) is 0 Å². The van der Waals surface area contributed by atoms with Crippen LogP contribution in [0.15, 0.2) is 15.9 Å². The van der Waals surface area contributed by atoms with Gasteiger partial charge in [-0.05, 0) is 79.8 Å². The lowest BCUT2D eigenvalue weighted by Crippen LogP contribution is -2.39. The van der Waals surface area contributed by atoms with E-state index in [9.17, 15) is 0 Å². The number of thiophene rings is 1. The molecule has 108 valence electrons. The molecule has 19 heavy (non-hydrogen) atoms. The van der Waals surface area contributed by atoms with Gasteiger partial charge >= 0.3 is 0 Å². The van der Waals surface area contributed by atoms with E-state index in [2.05, 4.69) is 52.1 Å². The maximum Gasteiger partial charge on any atom is 0.0701 e. The maximum absolute atomic E-state index is 3.58. The fourth-order valence-corrected chi connectivity index (χ4v) is 4.38. The highest BCUT2D eigenvalue weighted by atomic mass is 79.9. The van der Waals surface area contributed by atoms with Crippen LogP contribution in [-0.2, 0) is 0 Å². The van der Waals surface area contributed by atoms with Crippen LogP contribution in [0.3, 0.4) is 0 Å². The Labute approximate surface area is 129 Å². The molecule has 0 radical (unpaired) electrons. The Hall–Kier alpha value is 0.1000. The van der Waals surface area contributed by atoms with Gasteiger partial charge in [-0.3, -0.25) is 4.90 Å². The minimum Gasteiger partial charge on any atom is -0.316 e. The lowest BCUT2D eigenvalue weighted by atomic mass is 9.98. The van der Waals surface area contributed by atoms with Crippen LogP contribution in [-0.4, -0.2) is 31.1 Å². The third kappa shape index (κ3) is 4.55. The van der Waals surface area contributed by atoms with Crippen molar-refractivity contribution < 1.29 is 0 Å². The fraction of sp³-hybridized carbons (Fsp3) is 0.733. The highest BCUT2D eigenvalue weighted by Gasteiger charge is 2.21. The van der Waals surface area contributed by atoms with Gasteiger partial charge in [-0.15, -0.1) is 11.3 Å². The zero-order chi connectivity index (χ0) is 13.7. The summed E-state index contributed by atoms with van der Waals surface area (Å²) in [5.74, 6) is 0.825. The van der Waals surface area contributed by atoms with Crippen molar-refractivity contribution >= 4 is 27.3 Å². The van der Waals surface area contributed by atoms with Crippen molar-refractivity contribution in [3.05, 3.63) is 20.8 Å². The Morgan fingerprint density at radius 2 is 2.37 bits per heavy atom. The second-order valence-corrected chi connectivity index (χ2v) is 8.02. The van der Waals surface area contributed by atoms with E-state index in [1.54, 1.807) is 0 Å². The molecule has 0 amide bonds. The lowest BCUT2D eigenvalue weighted by Gasteiger charge is -2.33. The van der Waals surface area contributed by atoms with Gasteiger partial charge in [0, 0.05) is 17.5 Å². The first kappa shape index (κ1) is 15.5. The van der Waals surface area contributed by atoms with Crippen LogP contribution in [0.1, 0.15) is 44.0 Å². The maximum atomic E-state index is 3.58. The second kappa shape index (κ2) is 7.77. The predicted molar refractivity (Wildman–Crippen MR) is 87.9 cm³/mol. The fourth-order valence-electron chi connectivity index (χ4n) is 2.87. The summed E-state index contributed by atoms with van der Waals surface area (Å²) in [5.41, 5.74) is 0. The van der Waals surface area contributed by atoms with E-state index < -0.39 is 0 Å². The van der Waals surface area contributed by atoms with Gasteiger partial charge in [0.2, 0.25) is 0 Å². The summed E-state index contributed by atoms with van der Waals surface area (Å²) in [6.45, 7) is 9.47. The van der Waals surface area contributed by atoms with Crippen molar-refractivity contribution in [3.63, 3.8) is 0 Å². The minimum absolute atomic E-state index is 0.540. The Kier molecular flexibility index (Phi) is 6.33. The first-order valence-electron chi connectivity index (χ1n) is 7.40. The van der Waals surface area contributed by atoms with Crippen molar-refractivity contribution in [2.24, 2.45) is 5.92 Å². The first-order chi connectivity index (χ1) is 9.20. The molecule has 1 aliphatic heterocycles. The third-order valence-electron chi connectivity index (χ3n) is 3.96. The van der Waals surface area contributed by atoms with Gasteiger partial charge in [0.25, 0.3) is 0 Å². The standard InChI is InChI=1S/C15H25BrN2S/c1-3-9-18(11-13-5-4-8-17-10-13)12(2)14-6-7-15(16)19-14/h6-7,12-13,17H,3-5,8-11H2,1-2H3. The number of piperidine rings is 1. The highest BCUT2D eigenvalue weighted by molar-refractivity contribution is 9.11. The molecule has 0 saturated carbocycles. The molecular formula is C15H25BrN2S. The third-order valence-corrected chi connectivity index (χ3v) is 5.75. The van der Waals surface area contributed by atoms with Gasteiger partial charge in [-0.2, -0.15) is 0 Å². The summed E-state index contributed by atoms with van der Waals surface area (Å²) in [6.07, 6.45) is 3.95. The molecule has 1 aliphatic rings. The summed E-state index contributed by atoms with van der Waals surface area (Å²) in [7, 11) is 0. The Morgan fingerprint density at radius 3 is 2.95 bits per heavy atom. The second-order valence-electron chi connectivity index (χ2n) is 5.53. The molecule has 2 unspecified atom stereocenters. The summed E-state index contributed by atoms with van der Waals surface area (Å²) < 4.78 is 1.24. The minimum atomic E-state index is 0.540. The van der Waals surface area contributed by atoms with Crippen molar-refractivity contribution in [1.29, 1.82) is 0 Å². The van der Waals surface area contributed by atoms with Crippen LogP contribution in [0.2, 0.25) is 0 Å². The number of rotatable bonds is 6. The van der Waals surface area contributed by atoms with Crippen LogP contribution < -0.4 is 5.32 Å². The number of nitrogens with zero attached hydrogens (tertiary/aromatic N) is 1. The molecule has 1 saturated heterocycles. The van der Waals surface area contributed by atoms with Gasteiger partial charge in [-0.25, -0.2) is 0 Å². The molecule has 0 aromatic carbocycles. The van der Waals surface area contributed by atoms with Crippen molar-refractivity contribution in [2.45, 2.75) is 39.2 Å². The van der Waals surface area contributed by atoms with Crippen LogP contribution in [0.5, 0.6) is 0 Å². The quantitative estimate of drug-likeness (QED) is 0.828. The van der Waals surface area contributed by atoms with Gasteiger partial charge in [-0.1, -0.05) is 6.92 Å². The van der Waals surface area contributed by atoms with E-state index in [-0.39, 0.29) is 0 Å². The van der Waals surface area contributed by atoms with Crippen LogP contribution in [0, 0.1) is 5.92 Å². The molecule has 1 fully saturated rings. The molecule has 1 aromatic heterocycles. The first-order valence-corrected chi connectivity index (χ1v) is 9.01. The van der Waals surface area contributed by atoms with Gasteiger partial charge in [0.1, 0.15) is 0 Å². The number of hydrogen-bond acceptors (Lipinski definition) is 3. The molecule has 0 bridgehead atoms. The molecule has 1 N–H and O–H groups in total. The van der Waals surface area contributed by atoms with Crippen LogP contribution in [0.25, 0.3) is 0 Å². The summed E-state index contributed by atoms with van der Waals surface area (Å²) >= 11 is 5.45. The van der Waals surface area contributed by atoms with Crippen molar-refractivity contribution in [2.75, 3.05) is 26.2 Å². The molecule has 0 spiro atoms. The number of hydrogen-bond donors (Lipinski definition) is 1. The zero-order valence-corrected chi connectivity index (χ0v) is 14.4. The van der Waals surface area contributed by atoms with E-state index in [1.165, 1.54) is 54.1 Å². The van der Waals surface area contributed by atoms with E-state index in [0.717, 1.165) is 5.92 Å². The summed E-state index contributed by atoms with van der Waals surface area (Å²) in [6, 6.07) is 4.97. The molecule has 1 aromatic rings. The lowest BCUT2D eigenvalue weighted by molar-refractivity contribution is 0.165. The van der Waals surface area contributed by atoms with Crippen LogP contribution >= 0.6 is 27.3 Å². The van der Waals surface area contributed by atoms with Gasteiger partial charge < -0.3 is 5.32 Å². The molecule has 4 heteroatoms. The topological polar surface area (TPSA) is 15.3 Å². The molecule has 2 rings (SSSR count). The average Bonchev–Trinajstić information content (AvgIpc) is 2.85. The molecule has 2 atom stereocenters.